The Morgan fingerprint density at radius 2 is 1.69 bits per heavy atom. The van der Waals surface area contributed by atoms with Crippen molar-refractivity contribution < 1.29 is 62.1 Å². The van der Waals surface area contributed by atoms with Gasteiger partial charge in [-0.05, 0) is 105 Å². The highest BCUT2D eigenvalue weighted by Crippen LogP contribution is 2.37. The van der Waals surface area contributed by atoms with Crippen molar-refractivity contribution in [1.29, 1.82) is 5.26 Å². The first-order valence-corrected chi connectivity index (χ1v) is 22.6. The highest BCUT2D eigenvalue weighted by atomic mass is 32.2. The molecule has 61 heavy (non-hydrogen) atoms. The third kappa shape index (κ3) is 13.5. The van der Waals surface area contributed by atoms with Gasteiger partial charge >= 0.3 is 12.0 Å². The Morgan fingerprint density at radius 1 is 1.07 bits per heavy atom. The number of hydrogen-bond acceptors (Lipinski definition) is 15. The van der Waals surface area contributed by atoms with Gasteiger partial charge in [0, 0.05) is 44.2 Å². The van der Waals surface area contributed by atoms with E-state index >= 15 is 0 Å². The number of halogens is 1. The summed E-state index contributed by atoms with van der Waals surface area (Å²) < 4.78 is 59.8. The standard InChI is InChI=1S/C42H70FN5O12S/c1-11-33-42(8,55)36(51)29(6)48(21-13-20-47(19-12-18-44)40(53)45-61(56,57)31-16-14-30(43)15-17-31)24-25(2)23-41(7,54)37(27(4)34(49)28(5)38(52)59-33)60-39-35(50)32(46(9)10)22-26(3)58-39/h14-17,25-29,32-37,39,49-51,54-55H,11-13,19-24H2,1-10H3,(H,45,53)/t25-,26-,27+,28-,29-,32+,33-,34+,35-,36-,37-,39+,41-,42-/m1/s1. The number of sulfonamides is 1. The van der Waals surface area contributed by atoms with Crippen molar-refractivity contribution in [2.75, 3.05) is 40.3 Å². The van der Waals surface area contributed by atoms with Crippen LogP contribution in [0.2, 0.25) is 0 Å². The van der Waals surface area contributed by atoms with Crippen molar-refractivity contribution in [3.8, 4) is 6.07 Å². The van der Waals surface area contributed by atoms with Gasteiger partial charge in [-0.3, -0.25) is 9.69 Å². The van der Waals surface area contributed by atoms with Crippen molar-refractivity contribution in [3.63, 3.8) is 0 Å². The van der Waals surface area contributed by atoms with Crippen LogP contribution >= 0.6 is 0 Å². The van der Waals surface area contributed by atoms with Crippen molar-refractivity contribution in [1.82, 2.24) is 19.4 Å². The molecule has 0 spiro atoms. The third-order valence-electron chi connectivity index (χ3n) is 12.3. The van der Waals surface area contributed by atoms with Gasteiger partial charge in [0.05, 0.1) is 47.2 Å². The maximum atomic E-state index is 13.7. The Labute approximate surface area is 360 Å². The van der Waals surface area contributed by atoms with E-state index in [9.17, 15) is 53.2 Å². The topological polar surface area (TPSA) is 243 Å². The smallest absolute Gasteiger partial charge is 0.331 e. The van der Waals surface area contributed by atoms with E-state index in [0.29, 0.717) is 6.42 Å². The zero-order chi connectivity index (χ0) is 46.2. The zero-order valence-electron chi connectivity index (χ0n) is 37.3. The maximum absolute atomic E-state index is 13.7. The number of nitrogens with one attached hydrogen (secondary N) is 1. The lowest BCUT2D eigenvalue weighted by Crippen LogP contribution is -2.59. The third-order valence-corrected chi connectivity index (χ3v) is 13.6. The number of nitriles is 1. The van der Waals surface area contributed by atoms with Crippen LogP contribution in [0.3, 0.4) is 0 Å². The fourth-order valence-electron chi connectivity index (χ4n) is 8.72. The Balaban J connectivity index is 1.99. The number of aliphatic hydroxyl groups is 5. The molecule has 348 valence electrons. The van der Waals surface area contributed by atoms with Crippen molar-refractivity contribution >= 4 is 22.0 Å². The Bertz CT molecular complexity index is 1730. The molecule has 1 aromatic rings. The first-order chi connectivity index (χ1) is 28.3. The van der Waals surface area contributed by atoms with Crippen LogP contribution in [0.1, 0.15) is 87.5 Å². The van der Waals surface area contributed by atoms with Crippen LogP contribution in [0.15, 0.2) is 29.2 Å². The van der Waals surface area contributed by atoms with Crippen LogP contribution in [-0.4, -0.2) is 167 Å². The Kier molecular flexibility index (Phi) is 18.9. The number of ether oxygens (including phenoxy) is 3. The van der Waals surface area contributed by atoms with Gasteiger partial charge in [-0.1, -0.05) is 20.8 Å². The van der Waals surface area contributed by atoms with Crippen LogP contribution in [0.4, 0.5) is 9.18 Å². The average molecular weight is 888 g/mol. The quantitative estimate of drug-likeness (QED) is 0.165. The van der Waals surface area contributed by atoms with Crippen LogP contribution in [0, 0.1) is 34.9 Å². The second-order valence-electron chi connectivity index (χ2n) is 17.8. The number of urea groups is 1. The molecule has 2 saturated heterocycles. The molecule has 3 rings (SSSR count). The summed E-state index contributed by atoms with van der Waals surface area (Å²) in [6.07, 6.45) is -7.24. The molecule has 6 N–H and O–H groups in total. The van der Waals surface area contributed by atoms with E-state index < -0.39 is 93.7 Å². The molecular weight excluding hydrogens is 818 g/mol. The highest BCUT2D eigenvalue weighted by Gasteiger charge is 2.50. The first kappa shape index (κ1) is 52.3. The lowest BCUT2D eigenvalue weighted by atomic mass is 9.78. The largest absolute Gasteiger partial charge is 0.459 e. The van der Waals surface area contributed by atoms with E-state index in [1.807, 2.05) is 48.5 Å². The highest BCUT2D eigenvalue weighted by molar-refractivity contribution is 7.90. The molecule has 2 amide bonds. The summed E-state index contributed by atoms with van der Waals surface area (Å²) in [7, 11) is -0.735. The second kappa shape index (κ2) is 22.0. The van der Waals surface area contributed by atoms with Crippen LogP contribution in [-0.2, 0) is 29.0 Å². The molecule has 0 unspecified atom stereocenters. The van der Waals surface area contributed by atoms with Gasteiger partial charge in [-0.15, -0.1) is 0 Å². The van der Waals surface area contributed by atoms with Gasteiger partial charge in [-0.2, -0.15) is 5.26 Å². The summed E-state index contributed by atoms with van der Waals surface area (Å²) in [6.45, 7) is 13.3. The number of hydrogen-bond donors (Lipinski definition) is 6. The fourth-order valence-corrected chi connectivity index (χ4v) is 9.69. The number of benzene rings is 1. The molecule has 1 aromatic carbocycles. The molecule has 0 aliphatic carbocycles. The van der Waals surface area contributed by atoms with Crippen molar-refractivity contribution in [2.45, 2.75) is 159 Å². The van der Waals surface area contributed by atoms with Crippen molar-refractivity contribution in [3.05, 3.63) is 30.1 Å². The van der Waals surface area contributed by atoms with Crippen LogP contribution in [0.25, 0.3) is 0 Å². The van der Waals surface area contributed by atoms with Crippen molar-refractivity contribution in [2.24, 2.45) is 17.8 Å². The molecule has 0 radical (unpaired) electrons. The summed E-state index contributed by atoms with van der Waals surface area (Å²) in [5, 5.41) is 68.5. The van der Waals surface area contributed by atoms with E-state index in [-0.39, 0.29) is 74.8 Å². The number of carbonyl (C=O) groups is 2. The summed E-state index contributed by atoms with van der Waals surface area (Å²) >= 11 is 0. The predicted octanol–water partition coefficient (Wildman–Crippen LogP) is 2.19. The van der Waals surface area contributed by atoms with Gasteiger partial charge in [0.25, 0.3) is 10.0 Å². The van der Waals surface area contributed by atoms with Gasteiger partial charge < -0.3 is 49.5 Å². The average Bonchev–Trinajstić information content (AvgIpc) is 3.18. The van der Waals surface area contributed by atoms with E-state index in [0.717, 1.165) is 29.2 Å². The molecular formula is C42H70FN5O12S. The van der Waals surface area contributed by atoms with E-state index in [1.165, 1.54) is 13.8 Å². The summed E-state index contributed by atoms with van der Waals surface area (Å²) in [5.74, 6) is -3.99. The molecule has 14 atom stereocenters. The van der Waals surface area contributed by atoms with Gasteiger partial charge in [0.2, 0.25) is 0 Å². The Hall–Kier alpha value is -3.03. The minimum Gasteiger partial charge on any atom is -0.459 e. The summed E-state index contributed by atoms with van der Waals surface area (Å²) in [6, 6.07) is 3.71. The van der Waals surface area contributed by atoms with Gasteiger partial charge in [-0.25, -0.2) is 22.3 Å². The molecule has 17 nitrogen and oxygen atoms in total. The zero-order valence-corrected chi connectivity index (χ0v) is 38.1. The summed E-state index contributed by atoms with van der Waals surface area (Å²) in [4.78, 5) is 31.6. The van der Waals surface area contributed by atoms with Gasteiger partial charge in [0.1, 0.15) is 29.7 Å². The van der Waals surface area contributed by atoms with E-state index in [4.69, 9.17) is 14.2 Å². The number of aliphatic hydroxyl groups excluding tert-OH is 3. The minimum absolute atomic E-state index is 0.0389. The van der Waals surface area contributed by atoms with E-state index in [2.05, 4.69) is 0 Å². The number of esters is 1. The molecule has 2 fully saturated rings. The number of cyclic esters (lactones) is 1. The summed E-state index contributed by atoms with van der Waals surface area (Å²) in [5.41, 5.74) is -3.71. The van der Waals surface area contributed by atoms with E-state index in [1.54, 1.807) is 27.7 Å². The van der Waals surface area contributed by atoms with Gasteiger partial charge in [0.15, 0.2) is 6.29 Å². The van der Waals surface area contributed by atoms with Crippen LogP contribution in [0.5, 0.6) is 0 Å². The Morgan fingerprint density at radius 3 is 2.26 bits per heavy atom. The minimum atomic E-state index is -4.39. The SMILES string of the molecule is CC[C@H]1OC(=O)[C@H](C)[C@@H](O)[C@H](C)[C@@H](O[C@@H]2O[C@H](C)C[C@H](N(C)C)[C@H]2O)[C@](C)(O)C[C@@H](C)CN(CCCN(CCC#N)C(=O)NS(=O)(=O)c2ccc(F)cc2)[C@H](C)[C@@H](O)[C@]1(C)O. The number of nitrogens with zero attached hydrogens (tertiary/aromatic N) is 4. The molecule has 0 bridgehead atoms. The molecule has 2 heterocycles. The number of rotatable bonds is 12. The first-order valence-electron chi connectivity index (χ1n) is 21.1. The number of amides is 2. The molecule has 2 aliphatic heterocycles. The predicted molar refractivity (Wildman–Crippen MR) is 222 cm³/mol. The lowest BCUT2D eigenvalue weighted by Gasteiger charge is -2.46. The molecule has 2 aliphatic rings. The number of carbonyl (C=O) groups excluding carboxylic acids is 2. The van der Waals surface area contributed by atoms with Crippen LogP contribution < -0.4 is 4.72 Å². The fraction of sp³-hybridized carbons (Fsp3) is 0.786. The maximum Gasteiger partial charge on any atom is 0.331 e. The second-order valence-corrected chi connectivity index (χ2v) is 19.5. The molecule has 0 saturated carbocycles. The normalized spacial score (nSPS) is 36.3. The molecule has 0 aromatic heterocycles. The molecule has 19 heteroatoms. The number of likely N-dealkylation sites (N-methyl/N-ethyl adjacent to an activating group) is 1. The lowest BCUT2D eigenvalue weighted by molar-refractivity contribution is -0.299. The monoisotopic (exact) mass is 887 g/mol.